The van der Waals surface area contributed by atoms with Crippen LogP contribution in [0, 0.1) is 5.92 Å². The number of piperidine rings is 2. The van der Waals surface area contributed by atoms with Crippen molar-refractivity contribution in [3.05, 3.63) is 64.0 Å². The van der Waals surface area contributed by atoms with Crippen LogP contribution in [0.3, 0.4) is 0 Å². The van der Waals surface area contributed by atoms with Crippen molar-refractivity contribution in [2.75, 3.05) is 32.0 Å². The molecular formula is C47H67N11O6. The van der Waals surface area contributed by atoms with E-state index in [9.17, 15) is 24.0 Å². The van der Waals surface area contributed by atoms with Crippen LogP contribution in [0.5, 0.6) is 0 Å². The fourth-order valence-electron chi connectivity index (χ4n) is 10.6. The third-order valence-electron chi connectivity index (χ3n) is 14.0. The number of aromatic nitrogens is 6. The Hall–Kier alpha value is -5.29. The van der Waals surface area contributed by atoms with Gasteiger partial charge in [-0.2, -0.15) is 10.2 Å². The topological polar surface area (TPSA) is 183 Å². The molecule has 1 aromatic carbocycles. The number of hydrogen-bond acceptors (Lipinski definition) is 10. The van der Waals surface area contributed by atoms with Gasteiger partial charge in [0, 0.05) is 56.8 Å². The Labute approximate surface area is 375 Å². The van der Waals surface area contributed by atoms with E-state index in [1.165, 1.54) is 0 Å². The average molecular weight is 882 g/mol. The largest absolute Gasteiger partial charge is 0.446 e. The fourth-order valence-corrected chi connectivity index (χ4v) is 10.6. The van der Waals surface area contributed by atoms with E-state index in [-0.39, 0.29) is 59.7 Å². The van der Waals surface area contributed by atoms with Crippen molar-refractivity contribution in [1.29, 1.82) is 0 Å². The van der Waals surface area contributed by atoms with E-state index in [1.807, 2.05) is 47.6 Å². The first-order chi connectivity index (χ1) is 30.5. The summed E-state index contributed by atoms with van der Waals surface area (Å²) in [5.74, 6) is 0.455. The smallest absolute Gasteiger partial charge is 0.407 e. The predicted molar refractivity (Wildman–Crippen MR) is 243 cm³/mol. The van der Waals surface area contributed by atoms with Crippen LogP contribution >= 0.6 is 0 Å². The van der Waals surface area contributed by atoms with Gasteiger partial charge in [0.1, 0.15) is 18.0 Å². The summed E-state index contributed by atoms with van der Waals surface area (Å²) in [5, 5.41) is 17.9. The van der Waals surface area contributed by atoms with Crippen LogP contribution in [0.2, 0.25) is 0 Å². The molecule has 3 aromatic heterocycles. The Balaban J connectivity index is 0.804. The molecule has 2 aliphatic heterocycles. The number of aryl methyl sites for hydroxylation is 1. The first-order valence-electron chi connectivity index (χ1n) is 23.4. The lowest BCUT2D eigenvalue weighted by Crippen LogP contribution is -2.44. The number of likely N-dealkylation sites (tertiary alicyclic amines) is 1. The van der Waals surface area contributed by atoms with E-state index in [1.54, 1.807) is 22.4 Å². The first kappa shape index (κ1) is 45.3. The van der Waals surface area contributed by atoms with Crippen molar-refractivity contribution in [2.24, 2.45) is 13.0 Å². The van der Waals surface area contributed by atoms with Crippen molar-refractivity contribution in [1.82, 2.24) is 49.1 Å². The number of nitrogens with zero attached hydrogens (tertiary/aromatic N) is 8. The summed E-state index contributed by atoms with van der Waals surface area (Å²) in [4.78, 5) is 68.8. The van der Waals surface area contributed by atoms with Crippen molar-refractivity contribution in [2.45, 2.75) is 154 Å². The Morgan fingerprint density at radius 2 is 1.75 bits per heavy atom. The number of benzene rings is 1. The molecule has 3 N–H and O–H groups in total. The summed E-state index contributed by atoms with van der Waals surface area (Å²) in [5.41, 5.74) is 3.45. The van der Waals surface area contributed by atoms with Gasteiger partial charge in [-0.3, -0.25) is 38.4 Å². The van der Waals surface area contributed by atoms with E-state index in [2.05, 4.69) is 64.7 Å². The van der Waals surface area contributed by atoms with Gasteiger partial charge >= 0.3 is 11.8 Å². The lowest BCUT2D eigenvalue weighted by molar-refractivity contribution is -0.135. The lowest BCUT2D eigenvalue weighted by atomic mass is 9.85. The number of imide groups is 1. The Morgan fingerprint density at radius 3 is 2.45 bits per heavy atom. The van der Waals surface area contributed by atoms with Crippen LogP contribution in [-0.2, 0) is 33.5 Å². The number of alkyl carbamates (subject to hydrolysis) is 1. The van der Waals surface area contributed by atoms with Crippen LogP contribution in [-0.4, -0.2) is 107 Å². The molecule has 64 heavy (non-hydrogen) atoms. The minimum Gasteiger partial charge on any atom is -0.446 e. The van der Waals surface area contributed by atoms with E-state index >= 15 is 0 Å². The molecule has 4 aromatic rings. The summed E-state index contributed by atoms with van der Waals surface area (Å²) in [6.07, 6.45) is 12.3. The second kappa shape index (κ2) is 18.7. The first-order valence-corrected chi connectivity index (χ1v) is 23.4. The summed E-state index contributed by atoms with van der Waals surface area (Å²) >= 11 is 0. The number of anilines is 1. The number of fused-ring (bicyclic) bond motifs is 1. The second-order valence-electron chi connectivity index (χ2n) is 20.1. The highest BCUT2D eigenvalue weighted by molar-refractivity contribution is 6.03. The molecule has 0 bridgehead atoms. The normalized spacial score (nSPS) is 23.9. The maximum Gasteiger partial charge on any atom is 0.407 e. The Kier molecular flexibility index (Phi) is 13.2. The maximum atomic E-state index is 13.7. The molecule has 8 rings (SSSR count). The molecule has 3 atom stereocenters. The van der Waals surface area contributed by atoms with Gasteiger partial charge in [0.2, 0.25) is 11.8 Å². The lowest BCUT2D eigenvalue weighted by Gasteiger charge is -2.39. The third kappa shape index (κ3) is 9.84. The minimum atomic E-state index is -0.694. The highest BCUT2D eigenvalue weighted by Gasteiger charge is 2.35. The fraction of sp³-hybridized carbons (Fsp3) is 0.638. The van der Waals surface area contributed by atoms with Gasteiger partial charge in [0.25, 0.3) is 5.91 Å². The van der Waals surface area contributed by atoms with E-state index in [0.29, 0.717) is 36.2 Å². The van der Waals surface area contributed by atoms with Gasteiger partial charge in [0.15, 0.2) is 0 Å². The molecule has 0 radical (unpaired) electrons. The highest BCUT2D eigenvalue weighted by Crippen LogP contribution is 2.38. The van der Waals surface area contributed by atoms with Crippen molar-refractivity contribution < 1.29 is 23.9 Å². The molecule has 2 saturated heterocycles. The minimum absolute atomic E-state index is 0.0152. The average Bonchev–Trinajstić information content (AvgIpc) is 4.06. The monoisotopic (exact) mass is 882 g/mol. The van der Waals surface area contributed by atoms with Gasteiger partial charge in [-0.1, -0.05) is 12.1 Å². The zero-order valence-electron chi connectivity index (χ0n) is 38.6. The van der Waals surface area contributed by atoms with Crippen LogP contribution in [0.25, 0.3) is 11.0 Å². The highest BCUT2D eigenvalue weighted by atomic mass is 16.6. The predicted octanol–water partition coefficient (Wildman–Crippen LogP) is 5.82. The number of amides is 4. The molecule has 0 spiro atoms. The number of para-hydroxylation sites is 1. The zero-order valence-corrected chi connectivity index (χ0v) is 38.6. The number of imidazole rings is 1. The molecule has 346 valence electrons. The molecule has 4 aliphatic rings. The van der Waals surface area contributed by atoms with Crippen molar-refractivity contribution >= 4 is 40.7 Å². The van der Waals surface area contributed by atoms with E-state index < -0.39 is 11.9 Å². The molecule has 17 heteroatoms. The third-order valence-corrected chi connectivity index (χ3v) is 14.0. The molecule has 4 fully saturated rings. The number of hydrogen-bond donors (Lipinski definition) is 3. The van der Waals surface area contributed by atoms with Gasteiger partial charge < -0.3 is 20.3 Å². The Morgan fingerprint density at radius 1 is 1.00 bits per heavy atom. The SMILES string of the molecule is CC(C)NC(=O)O[C@@H]1CC[C@H](c2cc(NC(=O)c3cnn([C@H]4CC[C@H](CN(C)C5CCN(Cc6cccc7c6n(C)c(=O)n7C6CCC(=O)NC6=O)CC5)CC4)c3)n(C(C)(C)C)n2)C1. The van der Waals surface area contributed by atoms with E-state index in [4.69, 9.17) is 9.84 Å². The standard InChI is InChI=1S/C47H67N11O6/c1-29(2)49-45(62)64-36-16-13-31(23-36)37-24-40(58(52-37)47(3,4)5)50-43(60)33-25-48-56(28-33)35-14-11-30(12-15-35)26-53(6)34-19-21-55(22-20-34)27-32-9-8-10-38-42(32)54(7)46(63)57(38)39-17-18-41(59)51-44(39)61/h8-10,24-25,28-31,34-36,39H,11-23,26-27H2,1-7H3,(H,49,62)(H,50,60)(H,51,59,61)/t30-,31-,35-,36+,39?/m0/s1. The second-order valence-corrected chi connectivity index (χ2v) is 20.1. The number of nitrogens with one attached hydrogen (secondary N) is 3. The van der Waals surface area contributed by atoms with Crippen LogP contribution < -0.4 is 21.6 Å². The summed E-state index contributed by atoms with van der Waals surface area (Å²) in [7, 11) is 4.03. The number of carbonyl (C=O) groups is 4. The molecule has 2 aliphatic carbocycles. The molecule has 17 nitrogen and oxygen atoms in total. The van der Waals surface area contributed by atoms with Crippen LogP contribution in [0.4, 0.5) is 10.6 Å². The van der Waals surface area contributed by atoms with Crippen LogP contribution in [0.1, 0.15) is 145 Å². The molecule has 2 saturated carbocycles. The van der Waals surface area contributed by atoms with Crippen molar-refractivity contribution in [3.8, 4) is 0 Å². The van der Waals surface area contributed by atoms with E-state index in [0.717, 1.165) is 99.8 Å². The molecule has 5 heterocycles. The summed E-state index contributed by atoms with van der Waals surface area (Å²) in [6, 6.07) is 7.98. The van der Waals surface area contributed by atoms with Gasteiger partial charge in [-0.15, -0.1) is 0 Å². The van der Waals surface area contributed by atoms with Gasteiger partial charge in [0.05, 0.1) is 40.1 Å². The van der Waals surface area contributed by atoms with Gasteiger partial charge in [-0.05, 0) is 137 Å². The summed E-state index contributed by atoms with van der Waals surface area (Å²) < 4.78 is 12.7. The number of ether oxygens (including phenoxy) is 1. The quantitative estimate of drug-likeness (QED) is 0.147. The van der Waals surface area contributed by atoms with Gasteiger partial charge in [-0.25, -0.2) is 14.3 Å². The van der Waals surface area contributed by atoms with Crippen molar-refractivity contribution in [3.63, 3.8) is 0 Å². The number of carbonyl (C=O) groups excluding carboxylic acids is 4. The molecule has 1 unspecified atom stereocenters. The maximum absolute atomic E-state index is 13.7. The summed E-state index contributed by atoms with van der Waals surface area (Å²) in [6.45, 7) is 13.7. The Bertz CT molecular complexity index is 2410. The number of rotatable bonds is 12. The zero-order chi connectivity index (χ0) is 45.4. The molecule has 4 amide bonds. The molecular weight excluding hydrogens is 815 g/mol. The van der Waals surface area contributed by atoms with Crippen LogP contribution in [0.15, 0.2) is 41.5 Å².